The highest BCUT2D eigenvalue weighted by Crippen LogP contribution is 2.40. The highest BCUT2D eigenvalue weighted by Gasteiger charge is 2.45. The number of nitrogens with zero attached hydrogens (tertiary/aromatic N) is 2. The summed E-state index contributed by atoms with van der Waals surface area (Å²) in [5, 5.41) is 22.2. The number of rotatable bonds is 19. The molecular formula is C34H46N2O6. The lowest BCUT2D eigenvalue weighted by atomic mass is 9.95. The van der Waals surface area contributed by atoms with E-state index in [0.29, 0.717) is 17.9 Å². The molecule has 42 heavy (non-hydrogen) atoms. The first-order valence-corrected chi connectivity index (χ1v) is 15.6. The SMILES string of the molecule is CCCCCCCCCCCCCCCCN1C(=O)C(=O)C(=C(O)c2ccc([N+](=O)[O-])cc2)C1c1ccc(OC)cc1. The van der Waals surface area contributed by atoms with Crippen molar-refractivity contribution in [2.45, 2.75) is 103 Å². The van der Waals surface area contributed by atoms with Gasteiger partial charge in [0.05, 0.1) is 23.6 Å². The number of hydrogen-bond donors (Lipinski definition) is 1. The molecule has 1 aliphatic heterocycles. The van der Waals surface area contributed by atoms with Gasteiger partial charge in [0.2, 0.25) is 0 Å². The number of carbonyl (C=O) groups excluding carboxylic acids is 2. The molecular weight excluding hydrogens is 532 g/mol. The van der Waals surface area contributed by atoms with E-state index in [4.69, 9.17) is 4.74 Å². The number of likely N-dealkylation sites (tertiary alicyclic amines) is 1. The maximum Gasteiger partial charge on any atom is 0.295 e. The largest absolute Gasteiger partial charge is 0.507 e. The maximum atomic E-state index is 13.2. The highest BCUT2D eigenvalue weighted by molar-refractivity contribution is 6.46. The number of ketones is 1. The number of hydrogen-bond acceptors (Lipinski definition) is 6. The molecule has 1 amide bonds. The molecule has 228 valence electrons. The number of aliphatic hydroxyl groups is 1. The molecule has 0 saturated carbocycles. The van der Waals surface area contributed by atoms with Crippen molar-refractivity contribution in [2.75, 3.05) is 13.7 Å². The van der Waals surface area contributed by atoms with Crippen LogP contribution in [0.4, 0.5) is 5.69 Å². The van der Waals surface area contributed by atoms with Crippen molar-refractivity contribution in [1.29, 1.82) is 0 Å². The second-order valence-corrected chi connectivity index (χ2v) is 11.2. The number of nitro benzene ring substituents is 1. The minimum atomic E-state index is -0.756. The normalized spacial score (nSPS) is 16.2. The van der Waals surface area contributed by atoms with Crippen LogP contribution in [-0.2, 0) is 9.59 Å². The molecule has 1 atom stereocenters. The molecule has 1 heterocycles. The maximum absolute atomic E-state index is 13.2. The summed E-state index contributed by atoms with van der Waals surface area (Å²) in [6.45, 7) is 2.65. The van der Waals surface area contributed by atoms with Crippen molar-refractivity contribution < 1.29 is 24.4 Å². The van der Waals surface area contributed by atoms with Gasteiger partial charge in [-0.2, -0.15) is 0 Å². The fourth-order valence-corrected chi connectivity index (χ4v) is 5.62. The van der Waals surface area contributed by atoms with Crippen LogP contribution in [0.2, 0.25) is 0 Å². The van der Waals surface area contributed by atoms with E-state index in [1.54, 1.807) is 36.3 Å². The quantitative estimate of drug-likeness (QED) is 0.0447. The van der Waals surface area contributed by atoms with Crippen molar-refractivity contribution in [3.8, 4) is 5.75 Å². The number of carbonyl (C=O) groups is 2. The summed E-state index contributed by atoms with van der Waals surface area (Å²) >= 11 is 0. The Balaban J connectivity index is 1.59. The van der Waals surface area contributed by atoms with E-state index in [9.17, 15) is 24.8 Å². The summed E-state index contributed by atoms with van der Waals surface area (Å²) in [4.78, 5) is 38.5. The zero-order valence-electron chi connectivity index (χ0n) is 25.2. The van der Waals surface area contributed by atoms with Crippen LogP contribution >= 0.6 is 0 Å². The van der Waals surface area contributed by atoms with Gasteiger partial charge in [-0.05, 0) is 36.2 Å². The fourth-order valence-electron chi connectivity index (χ4n) is 5.62. The van der Waals surface area contributed by atoms with Gasteiger partial charge in [0.15, 0.2) is 0 Å². The second kappa shape index (κ2) is 17.3. The average molecular weight is 579 g/mol. The molecule has 0 radical (unpaired) electrons. The predicted molar refractivity (Wildman–Crippen MR) is 165 cm³/mol. The van der Waals surface area contributed by atoms with Crippen molar-refractivity contribution in [1.82, 2.24) is 4.90 Å². The zero-order chi connectivity index (χ0) is 30.3. The molecule has 1 N–H and O–H groups in total. The summed E-state index contributed by atoms with van der Waals surface area (Å²) in [5.74, 6) is -1.10. The smallest absolute Gasteiger partial charge is 0.295 e. The predicted octanol–water partition coefficient (Wildman–Crippen LogP) is 8.51. The van der Waals surface area contributed by atoms with Crippen molar-refractivity contribution in [3.63, 3.8) is 0 Å². The van der Waals surface area contributed by atoms with Gasteiger partial charge in [0.25, 0.3) is 17.4 Å². The van der Waals surface area contributed by atoms with E-state index in [1.165, 1.54) is 88.5 Å². The molecule has 1 unspecified atom stereocenters. The molecule has 1 fully saturated rings. The van der Waals surface area contributed by atoms with Gasteiger partial charge in [-0.25, -0.2) is 0 Å². The summed E-state index contributed by atoms with van der Waals surface area (Å²) in [6.07, 6.45) is 17.2. The third-order valence-electron chi connectivity index (χ3n) is 8.08. The first-order valence-electron chi connectivity index (χ1n) is 15.6. The molecule has 1 saturated heterocycles. The van der Waals surface area contributed by atoms with E-state index >= 15 is 0 Å². The molecule has 0 aromatic heterocycles. The Morgan fingerprint density at radius 1 is 0.810 bits per heavy atom. The average Bonchev–Trinajstić information content (AvgIpc) is 3.26. The van der Waals surface area contributed by atoms with Crippen molar-refractivity contribution in [2.24, 2.45) is 0 Å². The fraction of sp³-hybridized carbons (Fsp3) is 0.529. The van der Waals surface area contributed by atoms with Crippen LogP contribution in [-0.4, -0.2) is 40.3 Å². The number of non-ortho nitro benzene ring substituents is 1. The Kier molecular flexibility index (Phi) is 13.5. The third kappa shape index (κ3) is 9.16. The molecule has 8 heteroatoms. The number of amides is 1. The summed E-state index contributed by atoms with van der Waals surface area (Å²) in [7, 11) is 1.56. The summed E-state index contributed by atoms with van der Waals surface area (Å²) in [6, 6.07) is 11.6. The van der Waals surface area contributed by atoms with Gasteiger partial charge >= 0.3 is 0 Å². The topological polar surface area (TPSA) is 110 Å². The van der Waals surface area contributed by atoms with Crippen LogP contribution in [0, 0.1) is 10.1 Å². The van der Waals surface area contributed by atoms with E-state index in [-0.39, 0.29) is 22.6 Å². The molecule has 2 aromatic carbocycles. The Labute approximate surface area is 249 Å². The summed E-state index contributed by atoms with van der Waals surface area (Å²) in [5.41, 5.74) is 0.790. The Morgan fingerprint density at radius 2 is 1.31 bits per heavy atom. The van der Waals surface area contributed by atoms with Crippen LogP contribution in [0.1, 0.15) is 114 Å². The standard InChI is InChI=1S/C34H46N2O6/c1-3-4-5-6-7-8-9-10-11-12-13-14-15-16-25-35-31(26-19-23-29(42-2)24-20-26)30(33(38)34(35)39)32(37)27-17-21-28(22-18-27)36(40)41/h17-24,31,37H,3-16,25H2,1-2H3. The molecule has 2 aromatic rings. The number of ether oxygens (including phenoxy) is 1. The lowest BCUT2D eigenvalue weighted by molar-refractivity contribution is -0.384. The number of unbranched alkanes of at least 4 members (excludes halogenated alkanes) is 13. The van der Waals surface area contributed by atoms with Crippen molar-refractivity contribution in [3.05, 3.63) is 75.3 Å². The van der Waals surface area contributed by atoms with Gasteiger partial charge in [-0.15, -0.1) is 0 Å². The monoisotopic (exact) mass is 578 g/mol. The van der Waals surface area contributed by atoms with E-state index < -0.39 is 22.7 Å². The minimum absolute atomic E-state index is 0.00983. The second-order valence-electron chi connectivity index (χ2n) is 11.2. The number of aliphatic hydroxyl groups excluding tert-OH is 1. The zero-order valence-corrected chi connectivity index (χ0v) is 25.2. The van der Waals surface area contributed by atoms with Gasteiger partial charge in [-0.1, -0.05) is 103 Å². The van der Waals surface area contributed by atoms with Crippen LogP contribution in [0.3, 0.4) is 0 Å². The van der Waals surface area contributed by atoms with Gasteiger partial charge in [0, 0.05) is 24.2 Å². The van der Waals surface area contributed by atoms with Crippen molar-refractivity contribution >= 4 is 23.1 Å². The van der Waals surface area contributed by atoms with Crippen LogP contribution in [0.25, 0.3) is 5.76 Å². The Morgan fingerprint density at radius 3 is 1.79 bits per heavy atom. The number of methoxy groups -OCH3 is 1. The van der Waals surface area contributed by atoms with Gasteiger partial charge in [0.1, 0.15) is 11.5 Å². The summed E-state index contributed by atoms with van der Waals surface area (Å²) < 4.78 is 5.27. The molecule has 0 aliphatic carbocycles. The first-order chi connectivity index (χ1) is 20.4. The lowest BCUT2D eigenvalue weighted by Gasteiger charge is -2.25. The number of Topliss-reactive ketones (excluding diaryl/α,β-unsaturated/α-hetero) is 1. The van der Waals surface area contributed by atoms with E-state index in [2.05, 4.69) is 6.92 Å². The third-order valence-corrected chi connectivity index (χ3v) is 8.08. The number of benzene rings is 2. The molecule has 0 bridgehead atoms. The Bertz CT molecular complexity index is 1190. The molecule has 0 spiro atoms. The highest BCUT2D eigenvalue weighted by atomic mass is 16.6. The van der Waals surface area contributed by atoms with Gasteiger partial charge < -0.3 is 14.7 Å². The molecule has 1 aliphatic rings. The lowest BCUT2D eigenvalue weighted by Crippen LogP contribution is -2.30. The molecule has 8 nitrogen and oxygen atoms in total. The first kappa shape index (κ1) is 32.8. The van der Waals surface area contributed by atoms with Crippen LogP contribution < -0.4 is 4.74 Å². The molecule has 3 rings (SSSR count). The minimum Gasteiger partial charge on any atom is -0.507 e. The van der Waals surface area contributed by atoms with Crippen LogP contribution in [0.5, 0.6) is 5.75 Å². The number of nitro groups is 1. The van der Waals surface area contributed by atoms with E-state index in [0.717, 1.165) is 25.7 Å². The van der Waals surface area contributed by atoms with E-state index in [1.807, 2.05) is 0 Å². The van der Waals surface area contributed by atoms with Gasteiger partial charge in [-0.3, -0.25) is 19.7 Å². The Hall–Kier alpha value is -3.68. The van der Waals surface area contributed by atoms with Crippen LogP contribution in [0.15, 0.2) is 54.1 Å².